The van der Waals surface area contributed by atoms with E-state index in [-0.39, 0.29) is 5.78 Å². The molecular weight excluding hydrogens is 238 g/mol. The van der Waals surface area contributed by atoms with Gasteiger partial charge in [0, 0.05) is 23.5 Å². The van der Waals surface area contributed by atoms with Crippen LogP contribution in [0, 0.1) is 5.92 Å². The molecule has 0 saturated carbocycles. The highest BCUT2D eigenvalue weighted by Crippen LogP contribution is 2.21. The van der Waals surface area contributed by atoms with Crippen LogP contribution in [0.2, 0.25) is 0 Å². The SMILES string of the molecule is CC(=O)c1ccc(NCC2CCN(C)CC2)cc1N. The number of hydrogen-bond acceptors (Lipinski definition) is 4. The van der Waals surface area contributed by atoms with Crippen LogP contribution in [0.15, 0.2) is 18.2 Å². The Morgan fingerprint density at radius 1 is 1.42 bits per heavy atom. The molecule has 19 heavy (non-hydrogen) atoms. The van der Waals surface area contributed by atoms with E-state index in [2.05, 4.69) is 17.3 Å². The van der Waals surface area contributed by atoms with E-state index in [0.29, 0.717) is 11.3 Å². The highest BCUT2D eigenvalue weighted by atomic mass is 16.1. The molecule has 0 spiro atoms. The zero-order chi connectivity index (χ0) is 13.8. The lowest BCUT2D eigenvalue weighted by molar-refractivity contribution is 0.101. The molecule has 0 unspecified atom stereocenters. The van der Waals surface area contributed by atoms with Crippen LogP contribution in [-0.2, 0) is 0 Å². The number of anilines is 2. The molecule has 104 valence electrons. The molecule has 0 bridgehead atoms. The molecule has 0 aliphatic carbocycles. The number of nitrogen functional groups attached to an aromatic ring is 1. The average molecular weight is 261 g/mol. The summed E-state index contributed by atoms with van der Waals surface area (Å²) in [5.74, 6) is 0.740. The number of piperidine rings is 1. The van der Waals surface area contributed by atoms with Gasteiger partial charge in [-0.2, -0.15) is 0 Å². The molecule has 1 fully saturated rings. The first-order chi connectivity index (χ1) is 9.06. The molecule has 2 rings (SSSR count). The first-order valence-corrected chi connectivity index (χ1v) is 6.89. The van der Waals surface area contributed by atoms with Gasteiger partial charge in [-0.3, -0.25) is 4.79 Å². The number of nitrogens with zero attached hydrogens (tertiary/aromatic N) is 1. The molecule has 3 N–H and O–H groups in total. The fourth-order valence-electron chi connectivity index (χ4n) is 2.52. The van der Waals surface area contributed by atoms with Gasteiger partial charge in [-0.05, 0) is 64.0 Å². The summed E-state index contributed by atoms with van der Waals surface area (Å²) in [7, 11) is 2.17. The molecule has 1 saturated heterocycles. The molecular formula is C15H23N3O. The summed E-state index contributed by atoms with van der Waals surface area (Å²) in [6.07, 6.45) is 2.48. The summed E-state index contributed by atoms with van der Waals surface area (Å²) >= 11 is 0. The minimum absolute atomic E-state index is 0.0133. The maximum absolute atomic E-state index is 11.3. The molecule has 1 aromatic rings. The second-order valence-electron chi connectivity index (χ2n) is 5.49. The van der Waals surface area contributed by atoms with Gasteiger partial charge in [0.15, 0.2) is 5.78 Å². The van der Waals surface area contributed by atoms with E-state index in [9.17, 15) is 4.79 Å². The number of ketones is 1. The topological polar surface area (TPSA) is 58.4 Å². The normalized spacial score (nSPS) is 17.4. The number of nitrogens with one attached hydrogen (secondary N) is 1. The van der Waals surface area contributed by atoms with Crippen LogP contribution in [0.4, 0.5) is 11.4 Å². The Morgan fingerprint density at radius 2 is 2.11 bits per heavy atom. The lowest BCUT2D eigenvalue weighted by atomic mass is 9.97. The second kappa shape index (κ2) is 6.06. The highest BCUT2D eigenvalue weighted by Gasteiger charge is 2.16. The van der Waals surface area contributed by atoms with Crippen molar-refractivity contribution in [2.75, 3.05) is 37.7 Å². The maximum Gasteiger partial charge on any atom is 0.161 e. The van der Waals surface area contributed by atoms with Crippen molar-refractivity contribution in [3.05, 3.63) is 23.8 Å². The Kier molecular flexibility index (Phi) is 4.43. The van der Waals surface area contributed by atoms with Crippen molar-refractivity contribution in [1.82, 2.24) is 4.90 Å². The van der Waals surface area contributed by atoms with Crippen LogP contribution >= 0.6 is 0 Å². The fourth-order valence-corrected chi connectivity index (χ4v) is 2.52. The lowest BCUT2D eigenvalue weighted by Crippen LogP contribution is -2.32. The van der Waals surface area contributed by atoms with Gasteiger partial charge in [-0.15, -0.1) is 0 Å². The molecule has 0 atom stereocenters. The maximum atomic E-state index is 11.3. The Bertz CT molecular complexity index is 451. The summed E-state index contributed by atoms with van der Waals surface area (Å²) in [6.45, 7) is 4.87. The first kappa shape index (κ1) is 13.9. The van der Waals surface area contributed by atoms with E-state index >= 15 is 0 Å². The molecule has 1 aliphatic rings. The number of carbonyl (C=O) groups is 1. The minimum Gasteiger partial charge on any atom is -0.398 e. The van der Waals surface area contributed by atoms with Gasteiger partial charge >= 0.3 is 0 Å². The zero-order valence-corrected chi connectivity index (χ0v) is 11.8. The smallest absolute Gasteiger partial charge is 0.161 e. The summed E-state index contributed by atoms with van der Waals surface area (Å²) < 4.78 is 0. The Hall–Kier alpha value is -1.55. The molecule has 1 aromatic carbocycles. The monoisotopic (exact) mass is 261 g/mol. The van der Waals surface area contributed by atoms with Crippen LogP contribution in [0.5, 0.6) is 0 Å². The van der Waals surface area contributed by atoms with Crippen molar-refractivity contribution in [2.24, 2.45) is 5.92 Å². The van der Waals surface area contributed by atoms with Crippen molar-refractivity contribution < 1.29 is 4.79 Å². The van der Waals surface area contributed by atoms with E-state index in [1.165, 1.54) is 32.9 Å². The molecule has 0 aromatic heterocycles. The summed E-state index contributed by atoms with van der Waals surface area (Å²) in [5.41, 5.74) is 8.04. The van der Waals surface area contributed by atoms with E-state index in [1.807, 2.05) is 12.1 Å². The Balaban J connectivity index is 1.89. The molecule has 0 amide bonds. The Morgan fingerprint density at radius 3 is 2.68 bits per heavy atom. The van der Waals surface area contributed by atoms with E-state index in [1.54, 1.807) is 6.07 Å². The fraction of sp³-hybridized carbons (Fsp3) is 0.533. The van der Waals surface area contributed by atoms with Gasteiger partial charge in [0.1, 0.15) is 0 Å². The molecule has 1 aliphatic heterocycles. The number of hydrogen-bond donors (Lipinski definition) is 2. The van der Waals surface area contributed by atoms with Crippen LogP contribution in [0.25, 0.3) is 0 Å². The number of likely N-dealkylation sites (tertiary alicyclic amines) is 1. The number of nitrogens with two attached hydrogens (primary N) is 1. The van der Waals surface area contributed by atoms with Gasteiger partial charge < -0.3 is 16.0 Å². The number of Topliss-reactive ketones (excluding diaryl/α,β-unsaturated/α-hetero) is 1. The lowest BCUT2D eigenvalue weighted by Gasteiger charge is -2.29. The number of benzene rings is 1. The zero-order valence-electron chi connectivity index (χ0n) is 11.8. The molecule has 0 radical (unpaired) electrons. The van der Waals surface area contributed by atoms with Gasteiger partial charge in [0.2, 0.25) is 0 Å². The average Bonchev–Trinajstić information content (AvgIpc) is 2.37. The summed E-state index contributed by atoms with van der Waals surface area (Å²) in [5, 5.41) is 3.43. The standard InChI is InChI=1S/C15H23N3O/c1-11(19)14-4-3-13(9-15(14)16)17-10-12-5-7-18(2)8-6-12/h3-4,9,12,17H,5-8,10,16H2,1-2H3. The van der Waals surface area contributed by atoms with E-state index in [0.717, 1.165) is 18.2 Å². The number of rotatable bonds is 4. The van der Waals surface area contributed by atoms with Crippen molar-refractivity contribution in [3.8, 4) is 0 Å². The third-order valence-electron chi connectivity index (χ3n) is 3.86. The predicted octanol–water partition coefficient (Wildman–Crippen LogP) is 2.23. The molecule has 1 heterocycles. The van der Waals surface area contributed by atoms with Crippen molar-refractivity contribution >= 4 is 17.2 Å². The van der Waals surface area contributed by atoms with Crippen LogP contribution in [0.1, 0.15) is 30.1 Å². The summed E-state index contributed by atoms with van der Waals surface area (Å²) in [4.78, 5) is 13.7. The van der Waals surface area contributed by atoms with Gasteiger partial charge in [0.05, 0.1) is 0 Å². The highest BCUT2D eigenvalue weighted by molar-refractivity contribution is 5.99. The third-order valence-corrected chi connectivity index (χ3v) is 3.86. The predicted molar refractivity (Wildman–Crippen MR) is 79.6 cm³/mol. The van der Waals surface area contributed by atoms with Gasteiger partial charge in [0.25, 0.3) is 0 Å². The summed E-state index contributed by atoms with van der Waals surface area (Å²) in [6, 6.07) is 5.59. The molecule has 4 nitrogen and oxygen atoms in total. The van der Waals surface area contributed by atoms with Gasteiger partial charge in [-0.25, -0.2) is 0 Å². The van der Waals surface area contributed by atoms with Crippen molar-refractivity contribution in [3.63, 3.8) is 0 Å². The minimum atomic E-state index is 0.0133. The molecule has 4 heteroatoms. The quantitative estimate of drug-likeness (QED) is 0.644. The second-order valence-corrected chi connectivity index (χ2v) is 5.49. The van der Waals surface area contributed by atoms with Gasteiger partial charge in [-0.1, -0.05) is 0 Å². The third kappa shape index (κ3) is 3.70. The number of carbonyl (C=O) groups excluding carboxylic acids is 1. The van der Waals surface area contributed by atoms with Crippen LogP contribution in [-0.4, -0.2) is 37.4 Å². The largest absolute Gasteiger partial charge is 0.398 e. The van der Waals surface area contributed by atoms with Crippen molar-refractivity contribution in [1.29, 1.82) is 0 Å². The van der Waals surface area contributed by atoms with Crippen LogP contribution in [0.3, 0.4) is 0 Å². The van der Waals surface area contributed by atoms with Crippen LogP contribution < -0.4 is 11.1 Å². The van der Waals surface area contributed by atoms with E-state index in [4.69, 9.17) is 5.73 Å². The Labute approximate surface area is 115 Å². The van der Waals surface area contributed by atoms with Crippen molar-refractivity contribution in [2.45, 2.75) is 19.8 Å². The first-order valence-electron chi connectivity index (χ1n) is 6.89. The van der Waals surface area contributed by atoms with E-state index < -0.39 is 0 Å².